The highest BCUT2D eigenvalue weighted by Crippen LogP contribution is 2.37. The molecule has 0 radical (unpaired) electrons. The number of allylic oxidation sites excluding steroid dienone is 1. The van der Waals surface area contributed by atoms with E-state index in [9.17, 15) is 10.1 Å². The number of nitriles is 1. The normalized spacial score (nSPS) is 12.8. The molecule has 3 aromatic rings. The van der Waals surface area contributed by atoms with Crippen molar-refractivity contribution in [3.8, 4) is 11.8 Å². The second-order valence-corrected chi connectivity index (χ2v) is 11.2. The summed E-state index contributed by atoms with van der Waals surface area (Å²) in [6.07, 6.45) is 5.90. The van der Waals surface area contributed by atoms with Crippen LogP contribution < -0.4 is 10.1 Å². The highest BCUT2D eigenvalue weighted by Gasteiger charge is 2.22. The molecule has 188 valence electrons. The molecule has 36 heavy (non-hydrogen) atoms. The summed E-state index contributed by atoms with van der Waals surface area (Å²) in [5, 5.41) is 22.5. The van der Waals surface area contributed by atoms with Crippen molar-refractivity contribution in [2.45, 2.75) is 70.7 Å². The van der Waals surface area contributed by atoms with Gasteiger partial charge in [0.05, 0.1) is 11.3 Å². The molecule has 0 atom stereocenters. The first-order chi connectivity index (χ1) is 17.4. The van der Waals surface area contributed by atoms with Crippen molar-refractivity contribution in [3.05, 3.63) is 63.8 Å². The summed E-state index contributed by atoms with van der Waals surface area (Å²) in [4.78, 5) is 14.0. The lowest BCUT2D eigenvalue weighted by Crippen LogP contribution is -2.15. The molecular formula is C27H31N5O2S2. The third-order valence-electron chi connectivity index (χ3n) is 6.12. The van der Waals surface area contributed by atoms with Gasteiger partial charge in [0.25, 0.3) is 0 Å². The van der Waals surface area contributed by atoms with E-state index in [2.05, 4.69) is 54.1 Å². The van der Waals surface area contributed by atoms with Crippen molar-refractivity contribution in [1.29, 1.82) is 5.26 Å². The molecular weight excluding hydrogens is 490 g/mol. The SMILES string of the molecule is C=CCn1c(COc2cc(C)ccc2C(C)C)nnc1SCC(=O)Nc1sc2c(c1C#N)CCCC2. The Labute approximate surface area is 220 Å². The third kappa shape index (κ3) is 5.82. The Morgan fingerprint density at radius 1 is 1.36 bits per heavy atom. The summed E-state index contributed by atoms with van der Waals surface area (Å²) < 4.78 is 8.08. The zero-order valence-electron chi connectivity index (χ0n) is 21.0. The number of hydrogen-bond donors (Lipinski definition) is 1. The number of anilines is 1. The zero-order valence-corrected chi connectivity index (χ0v) is 22.6. The van der Waals surface area contributed by atoms with Gasteiger partial charge in [-0.05, 0) is 61.3 Å². The van der Waals surface area contributed by atoms with Gasteiger partial charge in [-0.1, -0.05) is 43.8 Å². The van der Waals surface area contributed by atoms with Gasteiger partial charge >= 0.3 is 0 Å². The van der Waals surface area contributed by atoms with Crippen LogP contribution in [0, 0.1) is 18.3 Å². The minimum absolute atomic E-state index is 0.164. The molecule has 1 aromatic carbocycles. The summed E-state index contributed by atoms with van der Waals surface area (Å²) >= 11 is 2.85. The summed E-state index contributed by atoms with van der Waals surface area (Å²) in [6.45, 7) is 11.0. The van der Waals surface area contributed by atoms with Crippen LogP contribution >= 0.6 is 23.1 Å². The van der Waals surface area contributed by atoms with Crippen molar-refractivity contribution in [1.82, 2.24) is 14.8 Å². The van der Waals surface area contributed by atoms with Crippen LogP contribution in [-0.2, 0) is 30.8 Å². The molecule has 2 aromatic heterocycles. The number of amides is 1. The number of benzene rings is 1. The quantitative estimate of drug-likeness (QED) is 0.259. The molecule has 0 bridgehead atoms. The Balaban J connectivity index is 1.42. The number of hydrogen-bond acceptors (Lipinski definition) is 7. The number of fused-ring (bicyclic) bond motifs is 1. The highest BCUT2D eigenvalue weighted by atomic mass is 32.2. The molecule has 1 aliphatic rings. The fraction of sp³-hybridized carbons (Fsp3) is 0.407. The minimum Gasteiger partial charge on any atom is -0.485 e. The van der Waals surface area contributed by atoms with E-state index < -0.39 is 0 Å². The van der Waals surface area contributed by atoms with E-state index in [-0.39, 0.29) is 18.3 Å². The number of carbonyl (C=O) groups excluding carboxylic acids is 1. The number of rotatable bonds is 10. The predicted molar refractivity (Wildman–Crippen MR) is 145 cm³/mol. The number of carbonyl (C=O) groups is 1. The number of thiophene rings is 1. The Hall–Kier alpha value is -3.09. The Morgan fingerprint density at radius 2 is 2.17 bits per heavy atom. The van der Waals surface area contributed by atoms with Crippen molar-refractivity contribution < 1.29 is 9.53 Å². The van der Waals surface area contributed by atoms with Gasteiger partial charge in [-0.3, -0.25) is 9.36 Å². The van der Waals surface area contributed by atoms with E-state index in [1.54, 1.807) is 6.08 Å². The molecule has 1 amide bonds. The number of ether oxygens (including phenoxy) is 1. The minimum atomic E-state index is -0.164. The maximum atomic E-state index is 12.7. The van der Waals surface area contributed by atoms with Crippen LogP contribution in [0.1, 0.15) is 65.6 Å². The second kappa shape index (κ2) is 11.8. The Morgan fingerprint density at radius 3 is 2.92 bits per heavy atom. The number of thioether (sulfide) groups is 1. The molecule has 0 spiro atoms. The lowest BCUT2D eigenvalue weighted by Gasteiger charge is -2.15. The fourth-order valence-corrected chi connectivity index (χ4v) is 6.32. The van der Waals surface area contributed by atoms with Gasteiger partial charge in [-0.25, -0.2) is 0 Å². The molecule has 1 aliphatic carbocycles. The summed E-state index contributed by atoms with van der Waals surface area (Å²) in [7, 11) is 0. The standard InChI is InChI=1S/C27H31N5O2S2/c1-5-12-32-24(15-34-22-13-18(4)10-11-19(22)17(2)3)30-31-27(32)35-16-25(33)29-26-21(14-28)20-8-6-7-9-23(20)36-26/h5,10-11,13,17H,1,6-9,12,15-16H2,2-4H3,(H,29,33). The second-order valence-electron chi connectivity index (χ2n) is 9.15. The topological polar surface area (TPSA) is 92.8 Å². The predicted octanol–water partition coefficient (Wildman–Crippen LogP) is 6.02. The molecule has 2 heterocycles. The van der Waals surface area contributed by atoms with Gasteiger partial charge in [0.1, 0.15) is 23.4 Å². The van der Waals surface area contributed by atoms with E-state index in [1.165, 1.54) is 28.0 Å². The van der Waals surface area contributed by atoms with E-state index in [4.69, 9.17) is 4.74 Å². The van der Waals surface area contributed by atoms with Gasteiger partial charge in [0.2, 0.25) is 5.91 Å². The van der Waals surface area contributed by atoms with Gasteiger partial charge in [0, 0.05) is 11.4 Å². The summed E-state index contributed by atoms with van der Waals surface area (Å²) in [5.41, 5.74) is 4.02. The first-order valence-electron chi connectivity index (χ1n) is 12.1. The molecule has 0 saturated heterocycles. The van der Waals surface area contributed by atoms with Crippen LogP contribution in [0.4, 0.5) is 5.00 Å². The smallest absolute Gasteiger partial charge is 0.235 e. The van der Waals surface area contributed by atoms with E-state index in [0.717, 1.165) is 48.1 Å². The Bertz CT molecular complexity index is 1300. The average Bonchev–Trinajstić information content (AvgIpc) is 3.41. The van der Waals surface area contributed by atoms with E-state index in [1.807, 2.05) is 17.6 Å². The lowest BCUT2D eigenvalue weighted by molar-refractivity contribution is -0.113. The molecule has 0 aliphatic heterocycles. The van der Waals surface area contributed by atoms with Crippen molar-refractivity contribution in [2.24, 2.45) is 0 Å². The first kappa shape index (κ1) is 26.0. The van der Waals surface area contributed by atoms with Crippen molar-refractivity contribution in [2.75, 3.05) is 11.1 Å². The largest absolute Gasteiger partial charge is 0.485 e. The molecule has 0 fully saturated rings. The Kier molecular flexibility index (Phi) is 8.49. The lowest BCUT2D eigenvalue weighted by atomic mass is 9.96. The summed E-state index contributed by atoms with van der Waals surface area (Å²) in [5.74, 6) is 1.86. The highest BCUT2D eigenvalue weighted by molar-refractivity contribution is 7.99. The van der Waals surface area contributed by atoms with Gasteiger partial charge in [-0.15, -0.1) is 28.1 Å². The monoisotopic (exact) mass is 521 g/mol. The van der Waals surface area contributed by atoms with Crippen LogP contribution in [0.2, 0.25) is 0 Å². The van der Waals surface area contributed by atoms with Crippen LogP contribution in [-0.4, -0.2) is 26.4 Å². The molecule has 9 heteroatoms. The summed E-state index contributed by atoms with van der Waals surface area (Å²) in [6, 6.07) is 8.53. The number of nitrogens with zero attached hydrogens (tertiary/aromatic N) is 4. The van der Waals surface area contributed by atoms with E-state index >= 15 is 0 Å². The molecule has 7 nitrogen and oxygen atoms in total. The number of aryl methyl sites for hydroxylation is 2. The van der Waals surface area contributed by atoms with Gasteiger partial charge in [0.15, 0.2) is 11.0 Å². The van der Waals surface area contributed by atoms with Gasteiger partial charge < -0.3 is 10.1 Å². The number of nitrogens with one attached hydrogen (secondary N) is 1. The molecule has 1 N–H and O–H groups in total. The third-order valence-corrected chi connectivity index (χ3v) is 8.30. The van der Waals surface area contributed by atoms with Crippen LogP contribution in [0.15, 0.2) is 36.0 Å². The molecule has 0 unspecified atom stereocenters. The van der Waals surface area contributed by atoms with Crippen LogP contribution in [0.3, 0.4) is 0 Å². The van der Waals surface area contributed by atoms with Crippen molar-refractivity contribution >= 4 is 34.0 Å². The fourth-order valence-electron chi connectivity index (χ4n) is 4.30. The molecule has 0 saturated carbocycles. The van der Waals surface area contributed by atoms with Crippen LogP contribution in [0.25, 0.3) is 0 Å². The maximum Gasteiger partial charge on any atom is 0.235 e. The molecule has 4 rings (SSSR count). The van der Waals surface area contributed by atoms with Crippen LogP contribution in [0.5, 0.6) is 5.75 Å². The van der Waals surface area contributed by atoms with Crippen molar-refractivity contribution in [3.63, 3.8) is 0 Å². The zero-order chi connectivity index (χ0) is 25.7. The first-order valence-corrected chi connectivity index (χ1v) is 13.9. The van der Waals surface area contributed by atoms with Gasteiger partial charge in [-0.2, -0.15) is 5.26 Å². The average molecular weight is 522 g/mol. The van der Waals surface area contributed by atoms with E-state index in [0.29, 0.717) is 34.0 Å². The number of aromatic nitrogens is 3. The maximum absolute atomic E-state index is 12.7.